The van der Waals surface area contributed by atoms with Crippen molar-refractivity contribution in [1.82, 2.24) is 9.97 Å². The van der Waals surface area contributed by atoms with Crippen molar-refractivity contribution < 1.29 is 19.1 Å². The highest BCUT2D eigenvalue weighted by Gasteiger charge is 2.30. The molecule has 0 spiro atoms. The predicted octanol–water partition coefficient (Wildman–Crippen LogP) is 3.77. The molecule has 3 aromatic rings. The number of rotatable bonds is 7. The summed E-state index contributed by atoms with van der Waals surface area (Å²) in [7, 11) is 4.78. The molecule has 178 valence electrons. The summed E-state index contributed by atoms with van der Waals surface area (Å²) >= 11 is 0. The molecule has 0 N–H and O–H groups in total. The number of piperazine rings is 1. The van der Waals surface area contributed by atoms with Crippen molar-refractivity contribution in [3.05, 3.63) is 46.3 Å². The second-order valence-corrected chi connectivity index (χ2v) is 8.49. The molecule has 34 heavy (non-hydrogen) atoms. The summed E-state index contributed by atoms with van der Waals surface area (Å²) in [5.74, 6) is 4.01. The number of anilines is 2. The fraction of sp³-hybridized carbons (Fsp3) is 0.417. The van der Waals surface area contributed by atoms with Crippen molar-refractivity contribution in [2.75, 3.05) is 57.3 Å². The summed E-state index contributed by atoms with van der Waals surface area (Å²) in [5, 5.41) is 12.1. The largest absolute Gasteiger partial charge is 0.494 e. The third kappa shape index (κ3) is 4.00. The molecule has 0 amide bonds. The zero-order valence-electron chi connectivity index (χ0n) is 19.5. The fourth-order valence-electron chi connectivity index (χ4n) is 4.42. The summed E-state index contributed by atoms with van der Waals surface area (Å²) in [4.78, 5) is 25.0. The van der Waals surface area contributed by atoms with E-state index < -0.39 is 4.92 Å². The predicted molar refractivity (Wildman–Crippen MR) is 129 cm³/mol. The van der Waals surface area contributed by atoms with E-state index in [4.69, 9.17) is 24.2 Å². The Balaban J connectivity index is 1.45. The van der Waals surface area contributed by atoms with Gasteiger partial charge in [-0.1, -0.05) is 0 Å². The Bertz CT molecular complexity index is 1240. The lowest BCUT2D eigenvalue weighted by molar-refractivity contribution is -0.384. The van der Waals surface area contributed by atoms with Crippen LogP contribution < -0.4 is 24.0 Å². The van der Waals surface area contributed by atoms with Gasteiger partial charge < -0.3 is 24.0 Å². The molecule has 2 fully saturated rings. The smallest absolute Gasteiger partial charge is 0.273 e. The minimum Gasteiger partial charge on any atom is -0.494 e. The molecule has 1 aliphatic carbocycles. The molecule has 2 aromatic carbocycles. The van der Waals surface area contributed by atoms with E-state index in [1.165, 1.54) is 19.2 Å². The van der Waals surface area contributed by atoms with E-state index in [0.29, 0.717) is 23.2 Å². The zero-order chi connectivity index (χ0) is 23.8. The quantitative estimate of drug-likeness (QED) is 0.381. The number of methoxy groups -OCH3 is 3. The van der Waals surface area contributed by atoms with Gasteiger partial charge in [-0.3, -0.25) is 10.1 Å². The van der Waals surface area contributed by atoms with Crippen LogP contribution in [0, 0.1) is 10.1 Å². The molecule has 0 atom stereocenters. The van der Waals surface area contributed by atoms with E-state index >= 15 is 0 Å². The van der Waals surface area contributed by atoms with Gasteiger partial charge in [-0.05, 0) is 25.0 Å². The highest BCUT2D eigenvalue weighted by atomic mass is 16.6. The normalized spacial score (nSPS) is 16.0. The molecule has 1 saturated heterocycles. The van der Waals surface area contributed by atoms with E-state index in [9.17, 15) is 10.1 Å². The van der Waals surface area contributed by atoms with Gasteiger partial charge in [0.1, 0.15) is 17.4 Å². The van der Waals surface area contributed by atoms with Crippen molar-refractivity contribution >= 4 is 28.1 Å². The Kier molecular flexibility index (Phi) is 5.72. The first-order valence-electron chi connectivity index (χ1n) is 11.3. The van der Waals surface area contributed by atoms with E-state index in [1.54, 1.807) is 20.3 Å². The molecule has 1 saturated carbocycles. The Morgan fingerprint density at radius 2 is 1.53 bits per heavy atom. The molecule has 1 aromatic heterocycles. The number of nitro groups is 1. The van der Waals surface area contributed by atoms with Crippen LogP contribution >= 0.6 is 0 Å². The molecule has 2 aliphatic rings. The third-order valence-corrected chi connectivity index (χ3v) is 6.43. The minimum atomic E-state index is -0.412. The second kappa shape index (κ2) is 8.85. The lowest BCUT2D eigenvalue weighted by Gasteiger charge is -2.37. The Morgan fingerprint density at radius 3 is 2.15 bits per heavy atom. The standard InChI is InChI=1S/C24H27N5O5/c1-32-20-12-16(29(30)31)6-7-19(20)27-8-10-28(11-9-27)24-17-13-21(33-2)22(34-3)14-18(17)25-23(26-24)15-4-5-15/h6-7,12-15H,4-5,8-11H2,1-3H3. The first kappa shape index (κ1) is 22.0. The fourth-order valence-corrected chi connectivity index (χ4v) is 4.42. The molecule has 5 rings (SSSR count). The van der Waals surface area contributed by atoms with Crippen LogP contribution in [0.2, 0.25) is 0 Å². The summed E-state index contributed by atoms with van der Waals surface area (Å²) in [6.45, 7) is 2.94. The van der Waals surface area contributed by atoms with Crippen molar-refractivity contribution in [2.45, 2.75) is 18.8 Å². The molecule has 0 radical (unpaired) electrons. The Hall–Kier alpha value is -3.82. The van der Waals surface area contributed by atoms with E-state index in [0.717, 1.165) is 67.3 Å². The maximum Gasteiger partial charge on any atom is 0.273 e. The van der Waals surface area contributed by atoms with Gasteiger partial charge in [0.2, 0.25) is 0 Å². The molecule has 10 nitrogen and oxygen atoms in total. The van der Waals surface area contributed by atoms with Crippen LogP contribution in [-0.4, -0.2) is 62.4 Å². The molecular formula is C24H27N5O5. The van der Waals surface area contributed by atoms with Crippen molar-refractivity contribution in [3.8, 4) is 17.2 Å². The number of hydrogen-bond acceptors (Lipinski definition) is 9. The van der Waals surface area contributed by atoms with Crippen LogP contribution in [0.5, 0.6) is 17.2 Å². The van der Waals surface area contributed by atoms with E-state index in [2.05, 4.69) is 9.80 Å². The van der Waals surface area contributed by atoms with Gasteiger partial charge in [0, 0.05) is 49.6 Å². The summed E-state index contributed by atoms with van der Waals surface area (Å²) < 4.78 is 16.5. The van der Waals surface area contributed by atoms with Crippen molar-refractivity contribution in [3.63, 3.8) is 0 Å². The van der Waals surface area contributed by atoms with Crippen LogP contribution in [0.4, 0.5) is 17.2 Å². The highest BCUT2D eigenvalue weighted by molar-refractivity contribution is 5.92. The number of fused-ring (bicyclic) bond motifs is 1. The van der Waals surface area contributed by atoms with Gasteiger partial charge in [-0.25, -0.2) is 9.97 Å². The number of ether oxygens (including phenoxy) is 3. The third-order valence-electron chi connectivity index (χ3n) is 6.43. The lowest BCUT2D eigenvalue weighted by Crippen LogP contribution is -2.47. The van der Waals surface area contributed by atoms with Crippen LogP contribution in [0.1, 0.15) is 24.6 Å². The van der Waals surface area contributed by atoms with Crippen LogP contribution in [-0.2, 0) is 0 Å². The molecule has 2 heterocycles. The topological polar surface area (TPSA) is 103 Å². The number of aromatic nitrogens is 2. The van der Waals surface area contributed by atoms with E-state index in [1.807, 2.05) is 12.1 Å². The molecule has 1 aliphatic heterocycles. The number of nitro benzene ring substituents is 1. The van der Waals surface area contributed by atoms with E-state index in [-0.39, 0.29) is 5.69 Å². The van der Waals surface area contributed by atoms with Gasteiger partial charge in [0.25, 0.3) is 5.69 Å². The maximum atomic E-state index is 11.1. The first-order chi connectivity index (χ1) is 16.5. The van der Waals surface area contributed by atoms with Gasteiger partial charge in [-0.15, -0.1) is 0 Å². The first-order valence-corrected chi connectivity index (χ1v) is 11.3. The van der Waals surface area contributed by atoms with Gasteiger partial charge in [0.15, 0.2) is 11.5 Å². The summed E-state index contributed by atoms with van der Waals surface area (Å²) in [6.07, 6.45) is 2.23. The van der Waals surface area contributed by atoms with Gasteiger partial charge >= 0.3 is 0 Å². The monoisotopic (exact) mass is 465 g/mol. The van der Waals surface area contributed by atoms with Gasteiger partial charge in [0.05, 0.1) is 43.5 Å². The average molecular weight is 466 g/mol. The summed E-state index contributed by atoms with van der Waals surface area (Å²) in [5.41, 5.74) is 1.72. The second-order valence-electron chi connectivity index (χ2n) is 8.49. The molecule has 0 bridgehead atoms. The molecule has 10 heteroatoms. The van der Waals surface area contributed by atoms with Crippen LogP contribution in [0.15, 0.2) is 30.3 Å². The maximum absolute atomic E-state index is 11.1. The lowest BCUT2D eigenvalue weighted by atomic mass is 10.1. The highest BCUT2D eigenvalue weighted by Crippen LogP contribution is 2.42. The van der Waals surface area contributed by atoms with Gasteiger partial charge in [-0.2, -0.15) is 0 Å². The van der Waals surface area contributed by atoms with Crippen LogP contribution in [0.3, 0.4) is 0 Å². The zero-order valence-corrected chi connectivity index (χ0v) is 19.5. The Morgan fingerprint density at radius 1 is 0.882 bits per heavy atom. The number of hydrogen-bond donors (Lipinski definition) is 0. The Labute approximate surface area is 197 Å². The molecule has 0 unspecified atom stereocenters. The van der Waals surface area contributed by atoms with Crippen LogP contribution in [0.25, 0.3) is 10.9 Å². The average Bonchev–Trinajstić information content (AvgIpc) is 3.72. The minimum absolute atomic E-state index is 0.0173. The number of nitrogens with zero attached hydrogens (tertiary/aromatic N) is 5. The van der Waals surface area contributed by atoms with Crippen molar-refractivity contribution in [1.29, 1.82) is 0 Å². The summed E-state index contributed by atoms with van der Waals surface area (Å²) in [6, 6.07) is 8.62. The number of benzene rings is 2. The SMILES string of the molecule is COc1cc2nc(C3CC3)nc(N3CCN(c4ccc([N+](=O)[O-])cc4OC)CC3)c2cc1OC. The molecular weight excluding hydrogens is 438 g/mol. The van der Waals surface area contributed by atoms with Crippen molar-refractivity contribution in [2.24, 2.45) is 0 Å². The number of non-ortho nitro benzene ring substituents is 1.